The number of carbonyl (C=O) groups excluding carboxylic acids is 4. The van der Waals surface area contributed by atoms with Gasteiger partial charge in [-0.1, -0.05) is 27.7 Å². The Labute approximate surface area is 216 Å². The molecule has 37 heavy (non-hydrogen) atoms. The number of rotatable bonds is 17. The molecule has 0 saturated carbocycles. The average Bonchev–Trinajstić information content (AvgIpc) is 2.80. The van der Waals surface area contributed by atoms with Crippen LogP contribution in [0.5, 0.6) is 0 Å². The number of aliphatic imine (C=N–C) groups is 1. The molecule has 0 spiro atoms. The van der Waals surface area contributed by atoms with E-state index in [4.69, 9.17) is 17.2 Å². The zero-order chi connectivity index (χ0) is 28.7. The molecule has 0 aliphatic carbocycles. The van der Waals surface area contributed by atoms with Crippen molar-refractivity contribution in [1.82, 2.24) is 21.3 Å². The molecule has 0 aromatic rings. The molecule has 0 aromatic carbocycles. The standard InChI is InChI=1S/C22H42N8O7/c1-11(2)8-14(29-19(34)15(10-31)27-16(32)9-23)18(33)30-17(12(3)4)20(35)28-13(21(36)37)6-5-7-26-22(24)25/h11-15,17,31H,5-10,23H2,1-4H3,(H,27,32)(H,28,35)(H,29,34)(H,30,33)(H,36,37)(H4,24,25,26)/t13-,14-,15-,17-/m0/s1. The van der Waals surface area contributed by atoms with Gasteiger partial charge in [0.1, 0.15) is 24.2 Å². The number of aliphatic hydroxyl groups excluding tert-OH is 1. The summed E-state index contributed by atoms with van der Waals surface area (Å²) >= 11 is 0. The molecule has 0 aliphatic heterocycles. The zero-order valence-electron chi connectivity index (χ0n) is 21.8. The Hall–Kier alpha value is -3.46. The van der Waals surface area contributed by atoms with Crippen LogP contribution in [0.15, 0.2) is 4.99 Å². The van der Waals surface area contributed by atoms with Crippen molar-refractivity contribution < 1.29 is 34.2 Å². The van der Waals surface area contributed by atoms with E-state index in [1.54, 1.807) is 13.8 Å². The van der Waals surface area contributed by atoms with E-state index in [0.29, 0.717) is 6.42 Å². The Morgan fingerprint density at radius 3 is 1.86 bits per heavy atom. The summed E-state index contributed by atoms with van der Waals surface area (Å²) in [5, 5.41) is 28.7. The highest BCUT2D eigenvalue weighted by molar-refractivity contribution is 5.95. The van der Waals surface area contributed by atoms with Crippen LogP contribution in [0, 0.1) is 11.8 Å². The average molecular weight is 531 g/mol. The Morgan fingerprint density at radius 2 is 1.41 bits per heavy atom. The van der Waals surface area contributed by atoms with Crippen molar-refractivity contribution in [2.45, 2.75) is 71.1 Å². The van der Waals surface area contributed by atoms with Crippen molar-refractivity contribution in [3.05, 3.63) is 0 Å². The van der Waals surface area contributed by atoms with Gasteiger partial charge in [0.15, 0.2) is 5.96 Å². The molecule has 0 heterocycles. The van der Waals surface area contributed by atoms with Crippen LogP contribution in [0.25, 0.3) is 0 Å². The minimum atomic E-state index is -1.32. The van der Waals surface area contributed by atoms with E-state index < -0.39 is 72.8 Å². The second kappa shape index (κ2) is 17.1. The van der Waals surface area contributed by atoms with Crippen LogP contribution in [0.4, 0.5) is 0 Å². The molecule has 15 nitrogen and oxygen atoms in total. The largest absolute Gasteiger partial charge is 0.480 e. The first kappa shape index (κ1) is 33.5. The summed E-state index contributed by atoms with van der Waals surface area (Å²) in [4.78, 5) is 65.5. The number of aliphatic carboxylic acids is 1. The molecule has 212 valence electrons. The van der Waals surface area contributed by atoms with E-state index in [0.717, 1.165) is 0 Å². The lowest BCUT2D eigenvalue weighted by molar-refractivity contribution is -0.142. The number of carboxylic acids is 1. The Balaban J connectivity index is 5.49. The zero-order valence-corrected chi connectivity index (χ0v) is 21.8. The SMILES string of the molecule is CC(C)C[C@H](NC(=O)[C@H](CO)NC(=O)CN)C(=O)N[C@H](C(=O)N[C@@H](CCCN=C(N)N)C(=O)O)C(C)C. The maximum Gasteiger partial charge on any atom is 0.326 e. The van der Waals surface area contributed by atoms with Crippen LogP contribution in [0.3, 0.4) is 0 Å². The molecule has 4 amide bonds. The maximum absolute atomic E-state index is 13.1. The number of carbonyl (C=O) groups is 5. The lowest BCUT2D eigenvalue weighted by Gasteiger charge is -2.28. The first-order chi connectivity index (χ1) is 17.2. The molecular weight excluding hydrogens is 488 g/mol. The predicted octanol–water partition coefficient (Wildman–Crippen LogP) is -3.28. The lowest BCUT2D eigenvalue weighted by atomic mass is 9.99. The van der Waals surface area contributed by atoms with Gasteiger partial charge >= 0.3 is 5.97 Å². The molecule has 0 aliphatic rings. The van der Waals surface area contributed by atoms with Crippen LogP contribution >= 0.6 is 0 Å². The number of hydrogen-bond donors (Lipinski definition) is 9. The predicted molar refractivity (Wildman–Crippen MR) is 136 cm³/mol. The third kappa shape index (κ3) is 13.4. The second-order valence-corrected chi connectivity index (χ2v) is 9.28. The number of nitrogens with two attached hydrogens (primary N) is 3. The van der Waals surface area contributed by atoms with Gasteiger partial charge in [-0.3, -0.25) is 24.2 Å². The summed E-state index contributed by atoms with van der Waals surface area (Å²) < 4.78 is 0. The van der Waals surface area contributed by atoms with Gasteiger partial charge < -0.3 is 48.7 Å². The molecule has 0 saturated heterocycles. The molecule has 0 radical (unpaired) electrons. The van der Waals surface area contributed by atoms with Crippen molar-refractivity contribution in [1.29, 1.82) is 0 Å². The van der Waals surface area contributed by atoms with Gasteiger partial charge in [0, 0.05) is 6.54 Å². The number of carboxylic acid groups (broad SMARTS) is 1. The van der Waals surface area contributed by atoms with Gasteiger partial charge in [-0.25, -0.2) is 4.79 Å². The quantitative estimate of drug-likeness (QED) is 0.0514. The molecule has 0 aromatic heterocycles. The topological polar surface area (TPSA) is 264 Å². The Kier molecular flexibility index (Phi) is 15.5. The van der Waals surface area contributed by atoms with Crippen molar-refractivity contribution in [2.24, 2.45) is 34.0 Å². The van der Waals surface area contributed by atoms with Crippen LogP contribution in [-0.4, -0.2) is 89.6 Å². The van der Waals surface area contributed by atoms with E-state index in [-0.39, 0.29) is 31.3 Å². The van der Waals surface area contributed by atoms with Gasteiger partial charge in [0.2, 0.25) is 23.6 Å². The van der Waals surface area contributed by atoms with Gasteiger partial charge in [0.05, 0.1) is 13.2 Å². The van der Waals surface area contributed by atoms with Crippen molar-refractivity contribution in [3.63, 3.8) is 0 Å². The summed E-state index contributed by atoms with van der Waals surface area (Å²) in [7, 11) is 0. The molecular formula is C22H42N8O7. The summed E-state index contributed by atoms with van der Waals surface area (Å²) in [5.74, 6) is -4.73. The second-order valence-electron chi connectivity index (χ2n) is 9.28. The molecule has 0 unspecified atom stereocenters. The molecule has 12 N–H and O–H groups in total. The van der Waals surface area contributed by atoms with E-state index >= 15 is 0 Å². The van der Waals surface area contributed by atoms with E-state index in [1.807, 2.05) is 13.8 Å². The van der Waals surface area contributed by atoms with Crippen molar-refractivity contribution in [3.8, 4) is 0 Å². The number of amides is 4. The highest BCUT2D eigenvalue weighted by atomic mass is 16.4. The van der Waals surface area contributed by atoms with E-state index in [1.165, 1.54) is 0 Å². The maximum atomic E-state index is 13.1. The number of guanidine groups is 1. The summed E-state index contributed by atoms with van der Waals surface area (Å²) in [6.45, 7) is 6.04. The summed E-state index contributed by atoms with van der Waals surface area (Å²) in [5.41, 5.74) is 15.7. The smallest absolute Gasteiger partial charge is 0.326 e. The third-order valence-electron chi connectivity index (χ3n) is 5.17. The van der Waals surface area contributed by atoms with Gasteiger partial charge in [-0.15, -0.1) is 0 Å². The van der Waals surface area contributed by atoms with Crippen LogP contribution in [0.2, 0.25) is 0 Å². The number of nitrogens with one attached hydrogen (secondary N) is 4. The highest BCUT2D eigenvalue weighted by Crippen LogP contribution is 2.09. The van der Waals surface area contributed by atoms with Crippen LogP contribution in [-0.2, 0) is 24.0 Å². The molecule has 15 heteroatoms. The highest BCUT2D eigenvalue weighted by Gasteiger charge is 2.32. The summed E-state index contributed by atoms with van der Waals surface area (Å²) in [6.07, 6.45) is 0.540. The third-order valence-corrected chi connectivity index (χ3v) is 5.17. The molecule has 0 fully saturated rings. The van der Waals surface area contributed by atoms with Gasteiger partial charge in [-0.05, 0) is 31.1 Å². The van der Waals surface area contributed by atoms with E-state index in [2.05, 4.69) is 26.3 Å². The normalized spacial score (nSPS) is 14.2. The monoisotopic (exact) mass is 530 g/mol. The Morgan fingerprint density at radius 1 is 0.838 bits per heavy atom. The number of nitrogens with zero attached hydrogens (tertiary/aromatic N) is 1. The van der Waals surface area contributed by atoms with Gasteiger partial charge in [0.25, 0.3) is 0 Å². The fraction of sp³-hybridized carbons (Fsp3) is 0.727. The molecule has 0 rings (SSSR count). The molecule has 0 bridgehead atoms. The van der Waals surface area contributed by atoms with Gasteiger partial charge in [-0.2, -0.15) is 0 Å². The number of hydrogen-bond acceptors (Lipinski definition) is 8. The van der Waals surface area contributed by atoms with Crippen molar-refractivity contribution >= 4 is 35.6 Å². The molecule has 4 atom stereocenters. The fourth-order valence-electron chi connectivity index (χ4n) is 3.23. The van der Waals surface area contributed by atoms with Crippen molar-refractivity contribution in [2.75, 3.05) is 19.7 Å². The van der Waals surface area contributed by atoms with Crippen LogP contribution < -0.4 is 38.5 Å². The minimum Gasteiger partial charge on any atom is -0.480 e. The minimum absolute atomic E-state index is 0.0461. The van der Waals surface area contributed by atoms with E-state index in [9.17, 15) is 34.2 Å². The van der Waals surface area contributed by atoms with Crippen LogP contribution in [0.1, 0.15) is 47.0 Å². The summed E-state index contributed by atoms with van der Waals surface area (Å²) in [6, 6.07) is -4.76. The first-order valence-electron chi connectivity index (χ1n) is 12.0. The fourth-order valence-corrected chi connectivity index (χ4v) is 3.23. The number of aliphatic hydroxyl groups is 1. The Bertz CT molecular complexity index is 815. The first-order valence-corrected chi connectivity index (χ1v) is 12.0. The lowest BCUT2D eigenvalue weighted by Crippen LogP contribution is -2.59.